The molecule has 0 aliphatic heterocycles. The topological polar surface area (TPSA) is 65.4 Å². The number of nitrogens with zero attached hydrogens (tertiary/aromatic N) is 3. The second kappa shape index (κ2) is 5.66. The van der Waals surface area contributed by atoms with Gasteiger partial charge in [-0.1, -0.05) is 30.3 Å². The van der Waals surface area contributed by atoms with Gasteiger partial charge in [0.25, 0.3) is 0 Å². The van der Waals surface area contributed by atoms with Gasteiger partial charge in [-0.2, -0.15) is 5.26 Å². The van der Waals surface area contributed by atoms with Crippen molar-refractivity contribution in [3.8, 4) is 6.19 Å². The molecular formula is C11H14N4. The molecule has 1 aromatic carbocycles. The Labute approximate surface area is 89.6 Å². The molecule has 0 fully saturated rings. The minimum Gasteiger partial charge on any atom is -0.369 e. The molecule has 0 saturated carbocycles. The Morgan fingerprint density at radius 3 is 2.67 bits per heavy atom. The van der Waals surface area contributed by atoms with Crippen LogP contribution in [0.1, 0.15) is 12.5 Å². The van der Waals surface area contributed by atoms with Gasteiger partial charge in [0.1, 0.15) is 0 Å². The number of nitriles is 1. The van der Waals surface area contributed by atoms with Crippen molar-refractivity contribution in [3.63, 3.8) is 0 Å². The minimum absolute atomic E-state index is 0.267. The highest BCUT2D eigenvalue weighted by molar-refractivity contribution is 5.78. The predicted molar refractivity (Wildman–Crippen MR) is 59.8 cm³/mol. The molecule has 0 aliphatic carbocycles. The predicted octanol–water partition coefficient (Wildman–Crippen LogP) is 1.30. The first-order valence-corrected chi connectivity index (χ1v) is 4.79. The van der Waals surface area contributed by atoms with Crippen molar-refractivity contribution < 1.29 is 0 Å². The lowest BCUT2D eigenvalue weighted by Gasteiger charge is -2.20. The van der Waals surface area contributed by atoms with Crippen LogP contribution in [-0.4, -0.2) is 17.4 Å². The molecule has 78 valence electrons. The van der Waals surface area contributed by atoms with E-state index in [2.05, 4.69) is 4.99 Å². The van der Waals surface area contributed by atoms with Crippen LogP contribution in [0.4, 0.5) is 0 Å². The van der Waals surface area contributed by atoms with Crippen molar-refractivity contribution in [3.05, 3.63) is 35.9 Å². The van der Waals surface area contributed by atoms with Gasteiger partial charge in [-0.15, -0.1) is 4.99 Å². The smallest absolute Gasteiger partial charge is 0.209 e. The zero-order valence-electron chi connectivity index (χ0n) is 8.72. The zero-order chi connectivity index (χ0) is 11.1. The molecule has 4 heteroatoms. The van der Waals surface area contributed by atoms with Gasteiger partial charge in [0.2, 0.25) is 12.2 Å². The summed E-state index contributed by atoms with van der Waals surface area (Å²) in [6, 6.07) is 9.94. The quantitative estimate of drug-likeness (QED) is 0.456. The van der Waals surface area contributed by atoms with E-state index >= 15 is 0 Å². The third-order valence-corrected chi connectivity index (χ3v) is 2.09. The summed E-state index contributed by atoms with van der Waals surface area (Å²) in [4.78, 5) is 5.36. The van der Waals surface area contributed by atoms with Crippen LogP contribution in [0.25, 0.3) is 0 Å². The largest absolute Gasteiger partial charge is 0.369 e. The average molecular weight is 202 g/mol. The van der Waals surface area contributed by atoms with E-state index in [-0.39, 0.29) is 5.96 Å². The van der Waals surface area contributed by atoms with Crippen LogP contribution >= 0.6 is 0 Å². The minimum atomic E-state index is 0.267. The molecule has 0 atom stereocenters. The second-order valence-electron chi connectivity index (χ2n) is 3.07. The van der Waals surface area contributed by atoms with E-state index in [0.717, 1.165) is 12.1 Å². The lowest BCUT2D eigenvalue weighted by molar-refractivity contribution is 0.430. The molecule has 0 spiro atoms. The Hall–Kier alpha value is -2.02. The normalized spacial score (nSPS) is 10.8. The summed E-state index contributed by atoms with van der Waals surface area (Å²) in [5.41, 5.74) is 6.79. The van der Waals surface area contributed by atoms with Crippen LogP contribution in [-0.2, 0) is 6.54 Å². The van der Waals surface area contributed by atoms with Crippen molar-refractivity contribution in [1.82, 2.24) is 4.90 Å². The number of hydrogen-bond donors (Lipinski definition) is 1. The number of guanidine groups is 1. The van der Waals surface area contributed by atoms with E-state index in [4.69, 9.17) is 11.0 Å². The van der Waals surface area contributed by atoms with Crippen LogP contribution in [0.3, 0.4) is 0 Å². The Morgan fingerprint density at radius 1 is 1.47 bits per heavy atom. The van der Waals surface area contributed by atoms with Crippen molar-refractivity contribution in [2.75, 3.05) is 6.54 Å². The first kappa shape index (κ1) is 11.1. The molecule has 0 unspecified atom stereocenters. The molecule has 0 aliphatic rings. The molecule has 0 heterocycles. The first-order valence-electron chi connectivity index (χ1n) is 4.79. The summed E-state index contributed by atoms with van der Waals surface area (Å²) < 4.78 is 0. The Bertz CT molecular complexity index is 364. The lowest BCUT2D eigenvalue weighted by atomic mass is 10.2. The number of benzene rings is 1. The third kappa shape index (κ3) is 3.31. The van der Waals surface area contributed by atoms with E-state index in [1.165, 1.54) is 0 Å². The molecule has 0 aromatic heterocycles. The number of hydrogen-bond acceptors (Lipinski definition) is 2. The fourth-order valence-corrected chi connectivity index (χ4v) is 1.28. The Morgan fingerprint density at radius 2 is 2.13 bits per heavy atom. The van der Waals surface area contributed by atoms with Gasteiger partial charge in [0.05, 0.1) is 0 Å². The van der Waals surface area contributed by atoms with Crippen molar-refractivity contribution >= 4 is 5.96 Å². The molecule has 4 nitrogen and oxygen atoms in total. The molecular weight excluding hydrogens is 188 g/mol. The van der Waals surface area contributed by atoms with E-state index in [0.29, 0.717) is 6.54 Å². The van der Waals surface area contributed by atoms with Gasteiger partial charge >= 0.3 is 0 Å². The number of nitrogens with two attached hydrogens (primary N) is 1. The average Bonchev–Trinajstić information content (AvgIpc) is 2.27. The highest BCUT2D eigenvalue weighted by atomic mass is 15.2. The van der Waals surface area contributed by atoms with Gasteiger partial charge in [-0.3, -0.25) is 0 Å². The van der Waals surface area contributed by atoms with Crippen molar-refractivity contribution in [1.29, 1.82) is 5.26 Å². The molecule has 0 bridgehead atoms. The van der Waals surface area contributed by atoms with E-state index in [9.17, 15) is 0 Å². The monoisotopic (exact) mass is 202 g/mol. The summed E-state index contributed by atoms with van der Waals surface area (Å²) in [7, 11) is 0. The van der Waals surface area contributed by atoms with E-state index < -0.39 is 0 Å². The molecule has 0 radical (unpaired) electrons. The molecule has 0 amide bonds. The highest BCUT2D eigenvalue weighted by Crippen LogP contribution is 2.03. The standard InChI is InChI=1S/C11H14N4/c1-2-15(11(13)14-9-12)8-10-6-4-3-5-7-10/h3-7H,2,8H2,1H3,(H2,13,14). The Kier molecular flexibility index (Phi) is 4.17. The summed E-state index contributed by atoms with van der Waals surface area (Å²) in [5, 5.41) is 8.40. The molecule has 1 rings (SSSR count). The fourth-order valence-electron chi connectivity index (χ4n) is 1.28. The van der Waals surface area contributed by atoms with Crippen LogP contribution < -0.4 is 5.73 Å². The van der Waals surface area contributed by atoms with Crippen molar-refractivity contribution in [2.24, 2.45) is 10.7 Å². The fraction of sp³-hybridized carbons (Fsp3) is 0.273. The summed E-state index contributed by atoms with van der Waals surface area (Å²) in [6.45, 7) is 3.38. The Balaban J connectivity index is 2.71. The summed E-state index contributed by atoms with van der Waals surface area (Å²) in [6.07, 6.45) is 1.69. The van der Waals surface area contributed by atoms with Gasteiger partial charge in [0.15, 0.2) is 0 Å². The second-order valence-corrected chi connectivity index (χ2v) is 3.07. The first-order chi connectivity index (χ1) is 7.27. The molecule has 2 N–H and O–H groups in total. The van der Waals surface area contributed by atoms with E-state index in [1.54, 1.807) is 6.19 Å². The van der Waals surface area contributed by atoms with Gasteiger partial charge < -0.3 is 10.6 Å². The van der Waals surface area contributed by atoms with Crippen LogP contribution in [0.15, 0.2) is 35.3 Å². The maximum atomic E-state index is 8.40. The SMILES string of the molecule is CCN(Cc1ccccc1)C(N)=NC#N. The molecule has 15 heavy (non-hydrogen) atoms. The van der Waals surface area contributed by atoms with Gasteiger partial charge in [-0.25, -0.2) is 0 Å². The van der Waals surface area contributed by atoms with Crippen LogP contribution in [0, 0.1) is 11.5 Å². The van der Waals surface area contributed by atoms with Crippen LogP contribution in [0.5, 0.6) is 0 Å². The highest BCUT2D eigenvalue weighted by Gasteiger charge is 2.05. The molecule has 1 aromatic rings. The van der Waals surface area contributed by atoms with Gasteiger partial charge in [-0.05, 0) is 12.5 Å². The number of rotatable bonds is 3. The maximum absolute atomic E-state index is 8.40. The summed E-state index contributed by atoms with van der Waals surface area (Å²) >= 11 is 0. The van der Waals surface area contributed by atoms with E-state index in [1.807, 2.05) is 42.2 Å². The molecule has 0 saturated heterocycles. The van der Waals surface area contributed by atoms with Crippen LogP contribution in [0.2, 0.25) is 0 Å². The number of aliphatic imine (C=N–C) groups is 1. The summed E-state index contributed by atoms with van der Waals surface area (Å²) in [5.74, 6) is 0.267. The van der Waals surface area contributed by atoms with Gasteiger partial charge in [0, 0.05) is 13.1 Å². The lowest BCUT2D eigenvalue weighted by Crippen LogP contribution is -2.36. The van der Waals surface area contributed by atoms with Crippen molar-refractivity contribution in [2.45, 2.75) is 13.5 Å². The third-order valence-electron chi connectivity index (χ3n) is 2.09. The maximum Gasteiger partial charge on any atom is 0.209 e. The zero-order valence-corrected chi connectivity index (χ0v) is 8.72.